The van der Waals surface area contributed by atoms with Gasteiger partial charge >= 0.3 is 0 Å². The Labute approximate surface area is 104 Å². The fourth-order valence-corrected chi connectivity index (χ4v) is 2.08. The van der Waals surface area contributed by atoms with Gasteiger partial charge in [-0.2, -0.15) is 0 Å². The van der Waals surface area contributed by atoms with E-state index >= 15 is 0 Å². The first-order valence-corrected chi connectivity index (χ1v) is 6.54. The third-order valence-electron chi connectivity index (χ3n) is 2.92. The van der Waals surface area contributed by atoms with Crippen LogP contribution in [0.15, 0.2) is 18.2 Å². The minimum Gasteiger partial charge on any atom is -0.488 e. The van der Waals surface area contributed by atoms with Gasteiger partial charge in [0.25, 0.3) is 0 Å². The molecule has 0 radical (unpaired) electrons. The van der Waals surface area contributed by atoms with Crippen LogP contribution in [0.2, 0.25) is 0 Å². The summed E-state index contributed by atoms with van der Waals surface area (Å²) in [4.78, 5) is 0. The molecule has 1 aromatic rings. The third-order valence-corrected chi connectivity index (χ3v) is 2.92. The molecule has 1 rings (SSSR count). The number of hydrogen-bond acceptors (Lipinski definition) is 1. The Balaban J connectivity index is 2.86. The van der Waals surface area contributed by atoms with Crippen LogP contribution in [0.25, 0.3) is 0 Å². The predicted molar refractivity (Wildman–Crippen MR) is 70.1 cm³/mol. The number of benzene rings is 1. The van der Waals surface area contributed by atoms with E-state index in [1.165, 1.54) is 0 Å². The molecule has 1 aromatic carbocycles. The highest BCUT2D eigenvalue weighted by Gasteiger charge is 2.12. The maximum atomic E-state index is 13.8. The summed E-state index contributed by atoms with van der Waals surface area (Å²) in [6.07, 6.45) is 3.30. The molecule has 1 unspecified atom stereocenters. The zero-order valence-electron chi connectivity index (χ0n) is 11.3. The molecule has 0 fully saturated rings. The summed E-state index contributed by atoms with van der Waals surface area (Å²) in [6.45, 7) is 8.12. The average Bonchev–Trinajstić information content (AvgIpc) is 2.28. The lowest BCUT2D eigenvalue weighted by Crippen LogP contribution is -2.07. The molecule has 2 heteroatoms. The molecular formula is C15H23FO. The van der Waals surface area contributed by atoms with Gasteiger partial charge in [0.2, 0.25) is 0 Å². The van der Waals surface area contributed by atoms with Gasteiger partial charge in [-0.1, -0.05) is 26.3 Å². The number of halogens is 1. The maximum Gasteiger partial charge on any atom is 0.165 e. The highest BCUT2D eigenvalue weighted by atomic mass is 19.1. The lowest BCUT2D eigenvalue weighted by atomic mass is 9.92. The van der Waals surface area contributed by atoms with E-state index in [0.29, 0.717) is 11.7 Å². The van der Waals surface area contributed by atoms with E-state index < -0.39 is 0 Å². The molecule has 1 nitrogen and oxygen atoms in total. The molecule has 0 saturated carbocycles. The molecule has 96 valence electrons. The van der Waals surface area contributed by atoms with E-state index in [1.54, 1.807) is 12.1 Å². The minimum absolute atomic E-state index is 0.00737. The average molecular weight is 238 g/mol. The molecule has 0 aliphatic heterocycles. The standard InChI is InChI=1S/C15H23FO/c1-5-7-12(6-2)13-8-9-15(14(16)10-13)17-11(3)4/h8-12H,5-7H2,1-4H3. The summed E-state index contributed by atoms with van der Waals surface area (Å²) in [5, 5.41) is 0. The summed E-state index contributed by atoms with van der Waals surface area (Å²) < 4.78 is 19.2. The molecule has 0 bridgehead atoms. The number of hydrogen-bond donors (Lipinski definition) is 0. The summed E-state index contributed by atoms with van der Waals surface area (Å²) in [5.74, 6) is 0.573. The van der Waals surface area contributed by atoms with Gasteiger partial charge in [0.15, 0.2) is 11.6 Å². The Kier molecular flexibility index (Phi) is 5.46. The van der Waals surface area contributed by atoms with Crippen LogP contribution in [-0.2, 0) is 0 Å². The Morgan fingerprint density at radius 1 is 1.24 bits per heavy atom. The van der Waals surface area contributed by atoms with E-state index in [2.05, 4.69) is 13.8 Å². The second-order valence-electron chi connectivity index (χ2n) is 4.75. The minimum atomic E-state index is -0.245. The second kappa shape index (κ2) is 6.63. The van der Waals surface area contributed by atoms with Crippen LogP contribution >= 0.6 is 0 Å². The van der Waals surface area contributed by atoms with Crippen molar-refractivity contribution in [3.8, 4) is 5.75 Å². The van der Waals surface area contributed by atoms with Crippen LogP contribution in [0.4, 0.5) is 4.39 Å². The van der Waals surface area contributed by atoms with Crippen LogP contribution in [0.5, 0.6) is 5.75 Å². The molecule has 0 saturated heterocycles. The van der Waals surface area contributed by atoms with Crippen molar-refractivity contribution in [2.24, 2.45) is 0 Å². The maximum absolute atomic E-state index is 13.8. The predicted octanol–water partition coefficient (Wildman–Crippen LogP) is 4.91. The lowest BCUT2D eigenvalue weighted by Gasteiger charge is -2.16. The van der Waals surface area contributed by atoms with E-state index in [0.717, 1.165) is 24.8 Å². The Hall–Kier alpha value is -1.05. The third kappa shape index (κ3) is 4.03. The highest BCUT2D eigenvalue weighted by molar-refractivity contribution is 5.31. The normalized spacial score (nSPS) is 12.8. The van der Waals surface area contributed by atoms with Crippen LogP contribution in [-0.4, -0.2) is 6.10 Å². The van der Waals surface area contributed by atoms with Crippen LogP contribution in [0, 0.1) is 5.82 Å². The van der Waals surface area contributed by atoms with Gasteiger partial charge in [0, 0.05) is 0 Å². The van der Waals surface area contributed by atoms with E-state index in [-0.39, 0.29) is 11.9 Å². The number of rotatable bonds is 6. The van der Waals surface area contributed by atoms with Crippen LogP contribution in [0.1, 0.15) is 58.4 Å². The molecule has 17 heavy (non-hydrogen) atoms. The van der Waals surface area contributed by atoms with Crippen molar-refractivity contribution in [1.29, 1.82) is 0 Å². The summed E-state index contributed by atoms with van der Waals surface area (Å²) >= 11 is 0. The summed E-state index contributed by atoms with van der Waals surface area (Å²) in [6, 6.07) is 5.37. The first-order chi connectivity index (χ1) is 8.08. The monoisotopic (exact) mass is 238 g/mol. The first kappa shape index (κ1) is 14.0. The molecule has 1 atom stereocenters. The SMILES string of the molecule is CCCC(CC)c1ccc(OC(C)C)c(F)c1. The smallest absolute Gasteiger partial charge is 0.165 e. The van der Waals surface area contributed by atoms with Gasteiger partial charge in [-0.3, -0.25) is 0 Å². The summed E-state index contributed by atoms with van der Waals surface area (Å²) in [7, 11) is 0. The molecule has 0 aromatic heterocycles. The Morgan fingerprint density at radius 2 is 1.94 bits per heavy atom. The first-order valence-electron chi connectivity index (χ1n) is 6.54. The largest absolute Gasteiger partial charge is 0.488 e. The van der Waals surface area contributed by atoms with Crippen molar-refractivity contribution >= 4 is 0 Å². The van der Waals surface area contributed by atoms with E-state index in [1.807, 2.05) is 19.9 Å². The molecule has 0 aliphatic rings. The molecule has 0 heterocycles. The molecule has 0 N–H and O–H groups in total. The molecule has 0 spiro atoms. The van der Waals surface area contributed by atoms with Crippen molar-refractivity contribution in [2.75, 3.05) is 0 Å². The van der Waals surface area contributed by atoms with Gasteiger partial charge in [0.05, 0.1) is 6.10 Å². The van der Waals surface area contributed by atoms with Crippen molar-refractivity contribution in [2.45, 2.75) is 59.0 Å². The van der Waals surface area contributed by atoms with E-state index in [9.17, 15) is 4.39 Å². The van der Waals surface area contributed by atoms with Gasteiger partial charge in [-0.15, -0.1) is 0 Å². The van der Waals surface area contributed by atoms with Crippen molar-refractivity contribution < 1.29 is 9.13 Å². The van der Waals surface area contributed by atoms with E-state index in [4.69, 9.17) is 4.74 Å². The zero-order valence-corrected chi connectivity index (χ0v) is 11.3. The van der Waals surface area contributed by atoms with Gasteiger partial charge in [-0.25, -0.2) is 4.39 Å². The summed E-state index contributed by atoms with van der Waals surface area (Å²) in [5.41, 5.74) is 1.09. The molecule has 0 aliphatic carbocycles. The fraction of sp³-hybridized carbons (Fsp3) is 0.600. The Morgan fingerprint density at radius 3 is 2.41 bits per heavy atom. The van der Waals surface area contributed by atoms with Crippen molar-refractivity contribution in [1.82, 2.24) is 0 Å². The van der Waals surface area contributed by atoms with Gasteiger partial charge < -0.3 is 4.74 Å². The van der Waals surface area contributed by atoms with Gasteiger partial charge in [-0.05, 0) is 50.3 Å². The number of ether oxygens (including phenoxy) is 1. The fourth-order valence-electron chi connectivity index (χ4n) is 2.08. The highest BCUT2D eigenvalue weighted by Crippen LogP contribution is 2.28. The lowest BCUT2D eigenvalue weighted by molar-refractivity contribution is 0.231. The topological polar surface area (TPSA) is 9.23 Å². The quantitative estimate of drug-likeness (QED) is 0.684. The van der Waals surface area contributed by atoms with Crippen molar-refractivity contribution in [3.05, 3.63) is 29.6 Å². The Bertz CT molecular complexity index is 347. The molecule has 0 amide bonds. The van der Waals surface area contributed by atoms with Gasteiger partial charge in [0.1, 0.15) is 0 Å². The second-order valence-corrected chi connectivity index (χ2v) is 4.75. The van der Waals surface area contributed by atoms with Crippen LogP contribution < -0.4 is 4.74 Å². The molecular weight excluding hydrogens is 215 g/mol. The van der Waals surface area contributed by atoms with Crippen molar-refractivity contribution in [3.63, 3.8) is 0 Å². The zero-order chi connectivity index (χ0) is 12.8. The van der Waals surface area contributed by atoms with Crippen LogP contribution in [0.3, 0.4) is 0 Å².